The van der Waals surface area contributed by atoms with E-state index in [0.29, 0.717) is 0 Å². The van der Waals surface area contributed by atoms with Crippen LogP contribution in [0.15, 0.2) is 35.9 Å². The lowest BCUT2D eigenvalue weighted by Gasteiger charge is -2.08. The van der Waals surface area contributed by atoms with Crippen molar-refractivity contribution in [1.29, 1.82) is 0 Å². The lowest BCUT2D eigenvalue weighted by molar-refractivity contribution is 0.415. The summed E-state index contributed by atoms with van der Waals surface area (Å²) in [6.07, 6.45) is 1.93. The van der Waals surface area contributed by atoms with Gasteiger partial charge in [-0.15, -0.1) is 11.8 Å². The summed E-state index contributed by atoms with van der Waals surface area (Å²) >= 11 is 1.69. The highest BCUT2D eigenvalue weighted by molar-refractivity contribution is 8.02. The van der Waals surface area contributed by atoms with Crippen LogP contribution in [0.1, 0.15) is 11.1 Å². The van der Waals surface area contributed by atoms with Gasteiger partial charge in [-0.2, -0.15) is 15.0 Å². The molecule has 0 saturated heterocycles. The van der Waals surface area contributed by atoms with Crippen molar-refractivity contribution in [3.63, 3.8) is 0 Å². The summed E-state index contributed by atoms with van der Waals surface area (Å²) in [4.78, 5) is 1.61. The Kier molecular flexibility index (Phi) is 3.16. The second-order valence-corrected chi connectivity index (χ2v) is 5.15. The fourth-order valence-electron chi connectivity index (χ4n) is 1.98. The standard InChI is InChI=1S/C13H14N4OS/c1-17-15-11(9-3-5-10(18-2)6-4-9)12(16-17)13-14-7-8-19-13/h3-8,13-14H,1-2H3. The number of nitrogens with one attached hydrogen (secondary N) is 1. The van der Waals surface area contributed by atoms with Gasteiger partial charge in [-0.25, -0.2) is 0 Å². The number of rotatable bonds is 3. The topological polar surface area (TPSA) is 52.0 Å². The SMILES string of the molecule is COc1ccc(-c2nn(C)nc2C2NC=CS2)cc1. The van der Waals surface area contributed by atoms with E-state index in [1.807, 2.05) is 42.9 Å². The number of methoxy groups -OCH3 is 1. The minimum atomic E-state index is 0.130. The van der Waals surface area contributed by atoms with Crippen molar-refractivity contribution in [3.05, 3.63) is 41.6 Å². The minimum Gasteiger partial charge on any atom is -0.497 e. The Hall–Kier alpha value is -1.95. The van der Waals surface area contributed by atoms with Gasteiger partial charge in [-0.1, -0.05) is 0 Å². The van der Waals surface area contributed by atoms with Gasteiger partial charge in [-0.3, -0.25) is 0 Å². The van der Waals surface area contributed by atoms with Crippen LogP contribution in [0.25, 0.3) is 11.3 Å². The van der Waals surface area contributed by atoms with Gasteiger partial charge in [0.2, 0.25) is 0 Å². The molecule has 2 aromatic rings. The Labute approximate surface area is 115 Å². The molecule has 0 spiro atoms. The quantitative estimate of drug-likeness (QED) is 0.930. The molecule has 0 saturated carbocycles. The summed E-state index contributed by atoms with van der Waals surface area (Å²) in [5, 5.41) is 14.3. The van der Waals surface area contributed by atoms with Crippen LogP contribution in [-0.4, -0.2) is 22.1 Å². The molecule has 3 rings (SSSR count). The maximum atomic E-state index is 5.17. The van der Waals surface area contributed by atoms with E-state index in [1.165, 1.54) is 0 Å². The highest BCUT2D eigenvalue weighted by atomic mass is 32.2. The molecule has 1 aliphatic rings. The van der Waals surface area contributed by atoms with Gasteiger partial charge in [0, 0.05) is 18.8 Å². The van der Waals surface area contributed by atoms with Gasteiger partial charge in [-0.05, 0) is 29.7 Å². The predicted molar refractivity (Wildman–Crippen MR) is 75.6 cm³/mol. The number of aromatic nitrogens is 3. The third kappa shape index (κ3) is 2.31. The van der Waals surface area contributed by atoms with Crippen molar-refractivity contribution < 1.29 is 4.74 Å². The number of hydrogen-bond donors (Lipinski definition) is 1. The van der Waals surface area contributed by atoms with Crippen LogP contribution in [-0.2, 0) is 7.05 Å². The zero-order chi connectivity index (χ0) is 13.2. The summed E-state index contributed by atoms with van der Waals surface area (Å²) in [6.45, 7) is 0. The zero-order valence-electron chi connectivity index (χ0n) is 10.7. The van der Waals surface area contributed by atoms with Crippen molar-refractivity contribution >= 4 is 11.8 Å². The molecular weight excluding hydrogens is 260 g/mol. The van der Waals surface area contributed by atoms with Crippen molar-refractivity contribution in [2.75, 3.05) is 7.11 Å². The average Bonchev–Trinajstić information content (AvgIpc) is 3.07. The van der Waals surface area contributed by atoms with Gasteiger partial charge in [0.25, 0.3) is 0 Å². The average molecular weight is 274 g/mol. The first-order valence-corrected chi connectivity index (χ1v) is 6.84. The number of nitrogens with zero attached hydrogens (tertiary/aromatic N) is 3. The van der Waals surface area contributed by atoms with Gasteiger partial charge in [0.1, 0.15) is 22.5 Å². The number of thioether (sulfide) groups is 1. The lowest BCUT2D eigenvalue weighted by Crippen LogP contribution is -2.09. The van der Waals surface area contributed by atoms with E-state index in [0.717, 1.165) is 22.7 Å². The summed E-state index contributed by atoms with van der Waals surface area (Å²) in [5.41, 5.74) is 2.89. The molecule has 5 nitrogen and oxygen atoms in total. The highest BCUT2D eigenvalue weighted by Crippen LogP contribution is 2.35. The Morgan fingerprint density at radius 2 is 2.05 bits per heavy atom. The number of benzene rings is 1. The summed E-state index contributed by atoms with van der Waals surface area (Å²) < 4.78 is 5.17. The molecule has 0 amide bonds. The number of ether oxygens (including phenoxy) is 1. The molecule has 19 heavy (non-hydrogen) atoms. The Morgan fingerprint density at radius 1 is 1.26 bits per heavy atom. The second kappa shape index (κ2) is 4.97. The smallest absolute Gasteiger partial charge is 0.124 e. The summed E-state index contributed by atoms with van der Waals surface area (Å²) in [7, 11) is 3.50. The minimum absolute atomic E-state index is 0.130. The van der Waals surface area contributed by atoms with E-state index < -0.39 is 0 Å². The van der Waals surface area contributed by atoms with Crippen molar-refractivity contribution in [1.82, 2.24) is 20.3 Å². The first-order valence-electron chi connectivity index (χ1n) is 5.90. The zero-order valence-corrected chi connectivity index (χ0v) is 11.5. The van der Waals surface area contributed by atoms with Crippen LogP contribution >= 0.6 is 11.8 Å². The molecule has 0 aliphatic carbocycles. The Balaban J connectivity index is 1.98. The van der Waals surface area contributed by atoms with Crippen LogP contribution in [0.3, 0.4) is 0 Å². The molecule has 98 valence electrons. The number of aryl methyl sites for hydroxylation is 1. The monoisotopic (exact) mass is 274 g/mol. The molecule has 6 heteroatoms. The van der Waals surface area contributed by atoms with Crippen LogP contribution in [0.5, 0.6) is 5.75 Å². The van der Waals surface area contributed by atoms with Crippen molar-refractivity contribution in [2.24, 2.45) is 7.05 Å². The van der Waals surface area contributed by atoms with Crippen LogP contribution in [0.2, 0.25) is 0 Å². The fraction of sp³-hybridized carbons (Fsp3) is 0.231. The molecule has 1 aliphatic heterocycles. The normalized spacial score (nSPS) is 17.5. The maximum Gasteiger partial charge on any atom is 0.124 e. The lowest BCUT2D eigenvalue weighted by atomic mass is 10.1. The molecule has 0 fully saturated rings. The molecule has 0 radical (unpaired) electrons. The largest absolute Gasteiger partial charge is 0.497 e. The summed E-state index contributed by atoms with van der Waals surface area (Å²) in [5.74, 6) is 0.837. The third-order valence-electron chi connectivity index (χ3n) is 2.88. The Morgan fingerprint density at radius 3 is 2.68 bits per heavy atom. The van der Waals surface area contributed by atoms with E-state index in [1.54, 1.807) is 23.7 Å². The molecule has 0 bridgehead atoms. The van der Waals surface area contributed by atoms with Crippen molar-refractivity contribution in [2.45, 2.75) is 5.37 Å². The van der Waals surface area contributed by atoms with E-state index in [2.05, 4.69) is 15.5 Å². The fourth-order valence-corrected chi connectivity index (χ4v) is 2.74. The first-order chi connectivity index (χ1) is 9.28. The van der Waals surface area contributed by atoms with E-state index in [4.69, 9.17) is 4.74 Å². The molecular formula is C13H14N4OS. The van der Waals surface area contributed by atoms with Gasteiger partial charge in [0.15, 0.2) is 0 Å². The Bertz CT molecular complexity index is 598. The third-order valence-corrected chi connectivity index (χ3v) is 3.81. The predicted octanol–water partition coefficient (Wildman–Crippen LogP) is 2.30. The first kappa shape index (κ1) is 12.1. The van der Waals surface area contributed by atoms with E-state index in [-0.39, 0.29) is 5.37 Å². The number of hydrogen-bond acceptors (Lipinski definition) is 5. The molecule has 1 N–H and O–H groups in total. The van der Waals surface area contributed by atoms with Crippen LogP contribution < -0.4 is 10.1 Å². The second-order valence-electron chi connectivity index (χ2n) is 4.14. The van der Waals surface area contributed by atoms with Gasteiger partial charge in [0.05, 0.1) is 7.11 Å². The van der Waals surface area contributed by atoms with Gasteiger partial charge >= 0.3 is 0 Å². The molecule has 2 heterocycles. The molecule has 1 atom stereocenters. The van der Waals surface area contributed by atoms with E-state index in [9.17, 15) is 0 Å². The molecule has 1 aromatic heterocycles. The molecule has 1 aromatic carbocycles. The van der Waals surface area contributed by atoms with Crippen LogP contribution in [0, 0.1) is 0 Å². The highest BCUT2D eigenvalue weighted by Gasteiger charge is 2.22. The van der Waals surface area contributed by atoms with Crippen LogP contribution in [0.4, 0.5) is 0 Å². The summed E-state index contributed by atoms with van der Waals surface area (Å²) in [6, 6.07) is 7.86. The maximum absolute atomic E-state index is 5.17. The van der Waals surface area contributed by atoms with Gasteiger partial charge < -0.3 is 10.1 Å². The van der Waals surface area contributed by atoms with Crippen molar-refractivity contribution in [3.8, 4) is 17.0 Å². The molecule has 1 unspecified atom stereocenters. The van der Waals surface area contributed by atoms with E-state index >= 15 is 0 Å².